The van der Waals surface area contributed by atoms with Crippen molar-refractivity contribution in [3.63, 3.8) is 0 Å². The van der Waals surface area contributed by atoms with Gasteiger partial charge < -0.3 is 10.2 Å². The zero-order chi connectivity index (χ0) is 13.3. The first kappa shape index (κ1) is 11.6. The number of rotatable bonds is 1. The Morgan fingerprint density at radius 2 is 1.72 bits per heavy atom. The number of hydrogen-bond acceptors (Lipinski definition) is 5. The maximum atomic E-state index is 11.7. The molecule has 18 heavy (non-hydrogen) atoms. The number of aromatic hydroxyl groups is 1. The quantitative estimate of drug-likeness (QED) is 0.721. The molecule has 88 valence electrons. The van der Waals surface area contributed by atoms with Crippen molar-refractivity contribution in [1.29, 1.82) is 5.26 Å². The number of nitriles is 1. The SMILES string of the molecule is N#Cc1cccc(O)c1C1=C(O)C(=O)C=CC1=O. The third kappa shape index (κ3) is 1.66. The summed E-state index contributed by atoms with van der Waals surface area (Å²) in [6.45, 7) is 0. The first-order valence-corrected chi connectivity index (χ1v) is 4.98. The second-order valence-corrected chi connectivity index (χ2v) is 3.60. The van der Waals surface area contributed by atoms with Gasteiger partial charge in [-0.15, -0.1) is 0 Å². The molecule has 0 heterocycles. The van der Waals surface area contributed by atoms with E-state index in [9.17, 15) is 19.8 Å². The predicted molar refractivity (Wildman–Crippen MR) is 61.5 cm³/mol. The van der Waals surface area contributed by atoms with Crippen molar-refractivity contribution >= 4 is 17.1 Å². The van der Waals surface area contributed by atoms with Crippen LogP contribution in [-0.2, 0) is 9.59 Å². The fourth-order valence-corrected chi connectivity index (χ4v) is 1.69. The molecule has 0 aliphatic heterocycles. The molecule has 2 N–H and O–H groups in total. The van der Waals surface area contributed by atoms with Gasteiger partial charge in [-0.1, -0.05) is 6.07 Å². The Balaban J connectivity index is 2.77. The van der Waals surface area contributed by atoms with Gasteiger partial charge in [0.05, 0.1) is 17.2 Å². The summed E-state index contributed by atoms with van der Waals surface area (Å²) in [6.07, 6.45) is 1.93. The van der Waals surface area contributed by atoms with Crippen LogP contribution in [0.5, 0.6) is 5.75 Å². The van der Waals surface area contributed by atoms with E-state index in [1.54, 1.807) is 6.07 Å². The van der Waals surface area contributed by atoms with E-state index < -0.39 is 17.3 Å². The van der Waals surface area contributed by atoms with Crippen molar-refractivity contribution in [2.24, 2.45) is 0 Å². The molecular formula is C13H7NO4. The molecule has 0 bridgehead atoms. The smallest absolute Gasteiger partial charge is 0.221 e. The van der Waals surface area contributed by atoms with Gasteiger partial charge in [-0.2, -0.15) is 5.26 Å². The second-order valence-electron chi connectivity index (χ2n) is 3.60. The van der Waals surface area contributed by atoms with Crippen molar-refractivity contribution in [2.75, 3.05) is 0 Å². The molecule has 0 aromatic heterocycles. The summed E-state index contributed by atoms with van der Waals surface area (Å²) in [5.41, 5.74) is -0.467. The van der Waals surface area contributed by atoms with Gasteiger partial charge in [0.15, 0.2) is 11.5 Å². The Bertz CT molecular complexity index is 662. The number of carbonyl (C=O) groups excluding carboxylic acids is 2. The van der Waals surface area contributed by atoms with Gasteiger partial charge in [-0.05, 0) is 24.3 Å². The normalized spacial score (nSPS) is 14.8. The Hall–Kier alpha value is -2.87. The maximum absolute atomic E-state index is 11.7. The van der Waals surface area contributed by atoms with Crippen LogP contribution in [0.1, 0.15) is 11.1 Å². The van der Waals surface area contributed by atoms with E-state index in [1.165, 1.54) is 18.2 Å². The van der Waals surface area contributed by atoms with E-state index >= 15 is 0 Å². The molecule has 0 spiro atoms. The average Bonchev–Trinajstić information content (AvgIpc) is 2.36. The predicted octanol–water partition coefficient (Wildman–Crippen LogP) is 1.24. The molecule has 5 heteroatoms. The number of phenols is 1. The van der Waals surface area contributed by atoms with Gasteiger partial charge in [-0.3, -0.25) is 9.59 Å². The summed E-state index contributed by atoms with van der Waals surface area (Å²) in [6, 6.07) is 5.88. The monoisotopic (exact) mass is 241 g/mol. The molecule has 0 amide bonds. The average molecular weight is 241 g/mol. The molecule has 1 aromatic rings. The Morgan fingerprint density at radius 3 is 2.39 bits per heavy atom. The number of carbonyl (C=O) groups is 2. The number of nitrogens with zero attached hydrogens (tertiary/aromatic N) is 1. The first-order chi connectivity index (χ1) is 8.56. The number of phenolic OH excluding ortho intramolecular Hbond substituents is 1. The van der Waals surface area contributed by atoms with Gasteiger partial charge in [0, 0.05) is 5.56 Å². The molecule has 1 aliphatic carbocycles. The minimum Gasteiger partial charge on any atom is -0.507 e. The van der Waals surface area contributed by atoms with E-state index in [-0.39, 0.29) is 22.4 Å². The second kappa shape index (κ2) is 4.18. The first-order valence-electron chi connectivity index (χ1n) is 4.98. The number of ketones is 2. The molecule has 0 saturated heterocycles. The van der Waals surface area contributed by atoms with Crippen molar-refractivity contribution in [2.45, 2.75) is 0 Å². The van der Waals surface area contributed by atoms with Crippen LogP contribution in [0.3, 0.4) is 0 Å². The van der Waals surface area contributed by atoms with Crippen LogP contribution in [0.4, 0.5) is 0 Å². The van der Waals surface area contributed by atoms with E-state index in [4.69, 9.17) is 5.26 Å². The molecule has 1 aromatic carbocycles. The zero-order valence-electron chi connectivity index (χ0n) is 9.04. The topological polar surface area (TPSA) is 98.4 Å². The number of aliphatic hydroxyl groups excluding tert-OH is 1. The highest BCUT2D eigenvalue weighted by Gasteiger charge is 2.27. The van der Waals surface area contributed by atoms with Crippen LogP contribution in [-0.4, -0.2) is 21.8 Å². The van der Waals surface area contributed by atoms with Gasteiger partial charge in [0.2, 0.25) is 5.78 Å². The molecule has 0 fully saturated rings. The van der Waals surface area contributed by atoms with Gasteiger partial charge in [0.25, 0.3) is 0 Å². The lowest BCUT2D eigenvalue weighted by molar-refractivity contribution is -0.115. The highest BCUT2D eigenvalue weighted by atomic mass is 16.3. The standard InChI is InChI=1S/C13H7NO4/c14-6-7-2-1-3-8(15)11(7)12-9(16)4-5-10(17)13(12)18/h1-5,15,18H. The summed E-state index contributed by atoms with van der Waals surface area (Å²) in [7, 11) is 0. The van der Waals surface area contributed by atoms with Crippen LogP contribution in [0.15, 0.2) is 36.1 Å². The van der Waals surface area contributed by atoms with Crippen molar-refractivity contribution in [3.8, 4) is 11.8 Å². The molecule has 1 aliphatic rings. The van der Waals surface area contributed by atoms with Crippen molar-refractivity contribution in [1.82, 2.24) is 0 Å². The van der Waals surface area contributed by atoms with Gasteiger partial charge in [0.1, 0.15) is 5.75 Å². The summed E-state index contributed by atoms with van der Waals surface area (Å²) in [5, 5.41) is 28.3. The Kier molecular flexibility index (Phi) is 2.70. The number of aliphatic hydroxyl groups is 1. The van der Waals surface area contributed by atoms with E-state index in [1.807, 2.05) is 0 Å². The molecule has 2 rings (SSSR count). The van der Waals surface area contributed by atoms with Gasteiger partial charge >= 0.3 is 0 Å². The Labute approximate surface area is 102 Å². The zero-order valence-corrected chi connectivity index (χ0v) is 9.04. The molecule has 0 unspecified atom stereocenters. The number of hydrogen-bond donors (Lipinski definition) is 2. The highest BCUT2D eigenvalue weighted by Crippen LogP contribution is 2.32. The fourth-order valence-electron chi connectivity index (χ4n) is 1.69. The summed E-state index contributed by atoms with van der Waals surface area (Å²) < 4.78 is 0. The van der Waals surface area contributed by atoms with Crippen LogP contribution < -0.4 is 0 Å². The van der Waals surface area contributed by atoms with E-state index in [0.29, 0.717) is 0 Å². The third-order valence-corrected chi connectivity index (χ3v) is 2.52. The number of benzene rings is 1. The summed E-state index contributed by atoms with van der Waals surface area (Å²) >= 11 is 0. The maximum Gasteiger partial charge on any atom is 0.221 e. The van der Waals surface area contributed by atoms with Crippen LogP contribution in [0.2, 0.25) is 0 Å². The highest BCUT2D eigenvalue weighted by molar-refractivity contribution is 6.35. The third-order valence-electron chi connectivity index (χ3n) is 2.52. The lowest BCUT2D eigenvalue weighted by Gasteiger charge is -2.12. The summed E-state index contributed by atoms with van der Waals surface area (Å²) in [5.74, 6) is -2.48. The van der Waals surface area contributed by atoms with Gasteiger partial charge in [-0.25, -0.2) is 0 Å². The molecule has 5 nitrogen and oxygen atoms in total. The molecular weight excluding hydrogens is 234 g/mol. The van der Waals surface area contributed by atoms with Crippen molar-refractivity contribution < 1.29 is 19.8 Å². The fraction of sp³-hybridized carbons (Fsp3) is 0. The summed E-state index contributed by atoms with van der Waals surface area (Å²) in [4.78, 5) is 23.0. The van der Waals surface area contributed by atoms with Crippen LogP contribution in [0, 0.1) is 11.3 Å². The van der Waals surface area contributed by atoms with Crippen LogP contribution >= 0.6 is 0 Å². The van der Waals surface area contributed by atoms with Crippen LogP contribution in [0.25, 0.3) is 5.57 Å². The lowest BCUT2D eigenvalue weighted by atomic mass is 9.91. The lowest BCUT2D eigenvalue weighted by Crippen LogP contribution is -2.14. The Morgan fingerprint density at radius 1 is 1.06 bits per heavy atom. The minimum atomic E-state index is -0.763. The van der Waals surface area contributed by atoms with E-state index in [0.717, 1.165) is 12.2 Å². The number of allylic oxidation sites excluding steroid dienone is 3. The van der Waals surface area contributed by atoms with E-state index in [2.05, 4.69) is 0 Å². The molecule has 0 atom stereocenters. The minimum absolute atomic E-state index is 0.00741. The largest absolute Gasteiger partial charge is 0.507 e. The molecule has 0 saturated carbocycles. The molecule has 0 radical (unpaired) electrons. The van der Waals surface area contributed by atoms with Crippen molar-refractivity contribution in [3.05, 3.63) is 47.2 Å².